The minimum Gasteiger partial charge on any atom is -0.263 e. The number of alkyl halides is 1. The summed E-state index contributed by atoms with van der Waals surface area (Å²) in [6, 6.07) is 1.91. The van der Waals surface area contributed by atoms with Crippen LogP contribution in [-0.2, 0) is 6.42 Å². The number of allylic oxidation sites excluding steroid dienone is 1. The van der Waals surface area contributed by atoms with Gasteiger partial charge in [0.2, 0.25) is 0 Å². The highest BCUT2D eigenvalue weighted by Crippen LogP contribution is 2.28. The molecule has 0 spiro atoms. The molecular weight excluding hydrogens is 217 g/mol. The van der Waals surface area contributed by atoms with Gasteiger partial charge in [-0.2, -0.15) is 0 Å². The second-order valence-electron chi connectivity index (χ2n) is 3.64. The number of hydrogen-bond acceptors (Lipinski definition) is 1. The molecule has 14 heavy (non-hydrogen) atoms. The molecule has 0 aromatic carbocycles. The molecule has 0 amide bonds. The molecule has 1 heterocycles. The lowest BCUT2D eigenvalue weighted by Gasteiger charge is -2.22. The molecule has 0 bridgehead atoms. The molecule has 76 valence electrons. The Morgan fingerprint density at radius 2 is 2.36 bits per heavy atom. The van der Waals surface area contributed by atoms with Crippen LogP contribution in [0.2, 0.25) is 5.02 Å². The molecule has 0 aliphatic heterocycles. The molecular formula is C11H13Cl2N. The maximum Gasteiger partial charge on any atom is 0.0621 e. The van der Waals surface area contributed by atoms with E-state index >= 15 is 0 Å². The van der Waals surface area contributed by atoms with Crippen molar-refractivity contribution in [3.05, 3.63) is 41.7 Å². The van der Waals surface area contributed by atoms with Gasteiger partial charge in [-0.05, 0) is 18.1 Å². The summed E-state index contributed by atoms with van der Waals surface area (Å²) in [5.74, 6) is 0.537. The zero-order valence-corrected chi connectivity index (χ0v) is 9.65. The van der Waals surface area contributed by atoms with Gasteiger partial charge in [0.05, 0.1) is 5.02 Å². The summed E-state index contributed by atoms with van der Waals surface area (Å²) in [6.45, 7) is 5.85. The van der Waals surface area contributed by atoms with Crippen LogP contribution < -0.4 is 0 Å². The summed E-state index contributed by atoms with van der Waals surface area (Å²) in [4.78, 5) is 3.94. The molecule has 0 saturated carbocycles. The van der Waals surface area contributed by atoms with E-state index < -0.39 is 0 Å². The number of pyridine rings is 1. The Hall–Kier alpha value is -0.530. The smallest absolute Gasteiger partial charge is 0.0621 e. The van der Waals surface area contributed by atoms with Gasteiger partial charge >= 0.3 is 0 Å². The number of nitrogens with zero attached hydrogens (tertiary/aromatic N) is 1. The van der Waals surface area contributed by atoms with E-state index in [9.17, 15) is 0 Å². The summed E-state index contributed by atoms with van der Waals surface area (Å²) < 4.78 is 0. The molecule has 1 aromatic heterocycles. The van der Waals surface area contributed by atoms with Crippen molar-refractivity contribution in [2.45, 2.75) is 13.3 Å². The van der Waals surface area contributed by atoms with Crippen LogP contribution in [0.15, 0.2) is 31.1 Å². The minimum absolute atomic E-state index is 0.105. The second kappa shape index (κ2) is 4.81. The van der Waals surface area contributed by atoms with E-state index in [1.807, 2.05) is 12.1 Å². The van der Waals surface area contributed by atoms with Crippen molar-refractivity contribution in [3.8, 4) is 0 Å². The SMILES string of the molecule is C=CC(C)(CCl)Cc1ccncc1Cl. The molecule has 3 heteroatoms. The van der Waals surface area contributed by atoms with Gasteiger partial charge in [-0.25, -0.2) is 0 Å². The maximum atomic E-state index is 6.00. The van der Waals surface area contributed by atoms with E-state index in [2.05, 4.69) is 18.5 Å². The summed E-state index contributed by atoms with van der Waals surface area (Å²) >= 11 is 11.9. The average Bonchev–Trinajstić information content (AvgIpc) is 2.21. The van der Waals surface area contributed by atoms with Crippen molar-refractivity contribution in [3.63, 3.8) is 0 Å². The molecule has 0 radical (unpaired) electrons. The minimum atomic E-state index is -0.105. The highest BCUT2D eigenvalue weighted by Gasteiger charge is 2.20. The maximum absolute atomic E-state index is 6.00. The molecule has 1 atom stereocenters. The Balaban J connectivity index is 2.87. The topological polar surface area (TPSA) is 12.9 Å². The summed E-state index contributed by atoms with van der Waals surface area (Å²) in [5.41, 5.74) is 0.955. The van der Waals surface area contributed by atoms with Crippen molar-refractivity contribution in [2.24, 2.45) is 5.41 Å². The lowest BCUT2D eigenvalue weighted by Crippen LogP contribution is -2.18. The molecule has 1 nitrogen and oxygen atoms in total. The van der Waals surface area contributed by atoms with Crippen LogP contribution in [0.5, 0.6) is 0 Å². The lowest BCUT2D eigenvalue weighted by molar-refractivity contribution is 0.486. The van der Waals surface area contributed by atoms with E-state index in [-0.39, 0.29) is 5.41 Å². The van der Waals surface area contributed by atoms with Crippen molar-refractivity contribution in [1.29, 1.82) is 0 Å². The Morgan fingerprint density at radius 1 is 1.64 bits per heavy atom. The first-order chi connectivity index (χ1) is 6.61. The van der Waals surface area contributed by atoms with Gasteiger partial charge in [-0.1, -0.05) is 24.6 Å². The van der Waals surface area contributed by atoms with Gasteiger partial charge in [-0.3, -0.25) is 4.98 Å². The number of rotatable bonds is 4. The first-order valence-electron chi connectivity index (χ1n) is 4.39. The van der Waals surface area contributed by atoms with Crippen LogP contribution >= 0.6 is 23.2 Å². The van der Waals surface area contributed by atoms with E-state index in [0.29, 0.717) is 10.9 Å². The fourth-order valence-corrected chi connectivity index (χ4v) is 1.55. The van der Waals surface area contributed by atoms with Crippen LogP contribution in [0.4, 0.5) is 0 Å². The normalized spacial score (nSPS) is 14.8. The fourth-order valence-electron chi connectivity index (χ4n) is 1.16. The van der Waals surface area contributed by atoms with Gasteiger partial charge in [0.15, 0.2) is 0 Å². The van der Waals surface area contributed by atoms with E-state index in [4.69, 9.17) is 23.2 Å². The summed E-state index contributed by atoms with van der Waals surface area (Å²) in [5, 5.41) is 0.686. The third kappa shape index (κ3) is 2.73. The molecule has 0 aliphatic rings. The summed E-state index contributed by atoms with van der Waals surface area (Å²) in [6.07, 6.45) is 6.05. The van der Waals surface area contributed by atoms with Crippen molar-refractivity contribution >= 4 is 23.2 Å². The Labute approximate surface area is 94.8 Å². The molecule has 0 aliphatic carbocycles. The van der Waals surface area contributed by atoms with Crippen LogP contribution in [0.1, 0.15) is 12.5 Å². The third-order valence-electron chi connectivity index (χ3n) is 2.25. The van der Waals surface area contributed by atoms with Gasteiger partial charge in [0, 0.05) is 23.7 Å². The van der Waals surface area contributed by atoms with E-state index in [1.54, 1.807) is 12.4 Å². The highest BCUT2D eigenvalue weighted by molar-refractivity contribution is 6.31. The fraction of sp³-hybridized carbons (Fsp3) is 0.364. The van der Waals surface area contributed by atoms with Gasteiger partial charge in [0.25, 0.3) is 0 Å². The Bertz CT molecular complexity index is 325. The predicted molar refractivity (Wildman–Crippen MR) is 62.0 cm³/mol. The molecule has 1 unspecified atom stereocenters. The van der Waals surface area contributed by atoms with Crippen LogP contribution in [0.25, 0.3) is 0 Å². The van der Waals surface area contributed by atoms with Gasteiger partial charge in [-0.15, -0.1) is 18.2 Å². The molecule has 1 aromatic rings. The summed E-state index contributed by atoms with van der Waals surface area (Å²) in [7, 11) is 0. The third-order valence-corrected chi connectivity index (χ3v) is 3.20. The number of aromatic nitrogens is 1. The van der Waals surface area contributed by atoms with Gasteiger partial charge in [0.1, 0.15) is 0 Å². The second-order valence-corrected chi connectivity index (χ2v) is 4.31. The predicted octanol–water partition coefficient (Wildman–Crippen LogP) is 3.71. The standard InChI is InChI=1S/C11H13Cl2N/c1-3-11(2,8-12)6-9-4-5-14-7-10(9)13/h3-5,7H,1,6,8H2,2H3. The lowest BCUT2D eigenvalue weighted by atomic mass is 9.86. The molecule has 1 rings (SSSR count). The van der Waals surface area contributed by atoms with Crippen LogP contribution in [0, 0.1) is 5.41 Å². The zero-order valence-electron chi connectivity index (χ0n) is 8.13. The average molecular weight is 230 g/mol. The first kappa shape index (κ1) is 11.5. The van der Waals surface area contributed by atoms with Gasteiger partial charge < -0.3 is 0 Å². The first-order valence-corrected chi connectivity index (χ1v) is 5.30. The molecule has 0 N–H and O–H groups in total. The number of hydrogen-bond donors (Lipinski definition) is 0. The Morgan fingerprint density at radius 3 is 2.86 bits per heavy atom. The molecule has 0 fully saturated rings. The van der Waals surface area contributed by atoms with Crippen molar-refractivity contribution in [2.75, 3.05) is 5.88 Å². The van der Waals surface area contributed by atoms with E-state index in [1.165, 1.54) is 0 Å². The Kier molecular flexibility index (Phi) is 3.97. The van der Waals surface area contributed by atoms with Crippen LogP contribution in [-0.4, -0.2) is 10.9 Å². The van der Waals surface area contributed by atoms with Crippen molar-refractivity contribution < 1.29 is 0 Å². The quantitative estimate of drug-likeness (QED) is 0.567. The highest BCUT2D eigenvalue weighted by atomic mass is 35.5. The largest absolute Gasteiger partial charge is 0.263 e. The van der Waals surface area contributed by atoms with Crippen molar-refractivity contribution in [1.82, 2.24) is 4.98 Å². The van der Waals surface area contributed by atoms with E-state index in [0.717, 1.165) is 12.0 Å². The molecule has 0 saturated heterocycles. The van der Waals surface area contributed by atoms with Crippen LogP contribution in [0.3, 0.4) is 0 Å². The monoisotopic (exact) mass is 229 g/mol. The zero-order chi connectivity index (χ0) is 10.6. The number of halogens is 2.